The van der Waals surface area contributed by atoms with Crippen LogP contribution in [0.25, 0.3) is 0 Å². The monoisotopic (exact) mass is 291 g/mol. The summed E-state index contributed by atoms with van der Waals surface area (Å²) in [6.07, 6.45) is 1.75. The fraction of sp³-hybridized carbons (Fsp3) is 0.600. The summed E-state index contributed by atoms with van der Waals surface area (Å²) >= 11 is 0. The summed E-state index contributed by atoms with van der Waals surface area (Å²) in [6, 6.07) is 3.67. The SMILES string of the molecule is CN(C)CCNC(=O)c1cccnc1N1CCN(C)CC1. The van der Waals surface area contributed by atoms with E-state index < -0.39 is 0 Å². The molecule has 1 saturated heterocycles. The van der Waals surface area contributed by atoms with E-state index in [1.807, 2.05) is 31.1 Å². The molecule has 116 valence electrons. The van der Waals surface area contributed by atoms with Gasteiger partial charge in [0.2, 0.25) is 0 Å². The number of anilines is 1. The molecule has 0 bridgehead atoms. The lowest BCUT2D eigenvalue weighted by Gasteiger charge is -2.34. The van der Waals surface area contributed by atoms with Crippen LogP contribution in [0.2, 0.25) is 0 Å². The van der Waals surface area contributed by atoms with Gasteiger partial charge in [0.1, 0.15) is 5.82 Å². The molecule has 0 atom stereocenters. The standard InChI is InChI=1S/C15H25N5O/c1-18(2)8-7-17-15(21)13-5-4-6-16-14(13)20-11-9-19(3)10-12-20/h4-6H,7-12H2,1-3H3,(H,17,21). The molecule has 1 amide bonds. The molecule has 2 rings (SSSR count). The van der Waals surface area contributed by atoms with E-state index in [2.05, 4.69) is 27.1 Å². The Balaban J connectivity index is 2.04. The molecule has 1 N–H and O–H groups in total. The van der Waals surface area contributed by atoms with E-state index in [4.69, 9.17) is 0 Å². The second kappa shape index (κ2) is 7.38. The van der Waals surface area contributed by atoms with Gasteiger partial charge in [-0.3, -0.25) is 4.79 Å². The van der Waals surface area contributed by atoms with E-state index in [0.717, 1.165) is 38.5 Å². The summed E-state index contributed by atoms with van der Waals surface area (Å²) in [5.41, 5.74) is 0.667. The van der Waals surface area contributed by atoms with Crippen LogP contribution in [0.1, 0.15) is 10.4 Å². The summed E-state index contributed by atoms with van der Waals surface area (Å²) in [5, 5.41) is 2.96. The minimum Gasteiger partial charge on any atom is -0.353 e. The Bertz CT molecular complexity index is 469. The summed E-state index contributed by atoms with van der Waals surface area (Å²) in [4.78, 5) is 23.3. The zero-order valence-corrected chi connectivity index (χ0v) is 13.2. The molecule has 21 heavy (non-hydrogen) atoms. The van der Waals surface area contributed by atoms with Crippen molar-refractivity contribution in [3.05, 3.63) is 23.9 Å². The smallest absolute Gasteiger partial charge is 0.255 e. The second-order valence-corrected chi connectivity index (χ2v) is 5.72. The normalized spacial score (nSPS) is 16.3. The number of hydrogen-bond donors (Lipinski definition) is 1. The lowest BCUT2D eigenvalue weighted by Crippen LogP contribution is -2.45. The van der Waals surface area contributed by atoms with Crippen molar-refractivity contribution in [1.29, 1.82) is 0 Å². The van der Waals surface area contributed by atoms with Crippen LogP contribution in [0.3, 0.4) is 0 Å². The van der Waals surface area contributed by atoms with Crippen LogP contribution in [-0.4, -0.2) is 81.1 Å². The van der Waals surface area contributed by atoms with Gasteiger partial charge in [0.15, 0.2) is 0 Å². The highest BCUT2D eigenvalue weighted by atomic mass is 16.1. The first-order valence-corrected chi connectivity index (χ1v) is 7.39. The maximum absolute atomic E-state index is 12.3. The van der Waals surface area contributed by atoms with Gasteiger partial charge in [-0.15, -0.1) is 0 Å². The van der Waals surface area contributed by atoms with Crippen molar-refractivity contribution < 1.29 is 4.79 Å². The van der Waals surface area contributed by atoms with Crippen LogP contribution in [-0.2, 0) is 0 Å². The van der Waals surface area contributed by atoms with Gasteiger partial charge in [-0.05, 0) is 33.3 Å². The molecule has 0 radical (unpaired) electrons. The maximum Gasteiger partial charge on any atom is 0.255 e. The first-order valence-electron chi connectivity index (χ1n) is 7.39. The Morgan fingerprint density at radius 1 is 1.33 bits per heavy atom. The fourth-order valence-corrected chi connectivity index (χ4v) is 2.33. The van der Waals surface area contributed by atoms with Gasteiger partial charge in [-0.2, -0.15) is 0 Å². The number of nitrogens with one attached hydrogen (secondary N) is 1. The van der Waals surface area contributed by atoms with Crippen LogP contribution in [0.4, 0.5) is 5.82 Å². The highest BCUT2D eigenvalue weighted by molar-refractivity contribution is 5.98. The van der Waals surface area contributed by atoms with Crippen molar-refractivity contribution in [3.8, 4) is 0 Å². The fourth-order valence-electron chi connectivity index (χ4n) is 2.33. The molecule has 1 aromatic rings. The van der Waals surface area contributed by atoms with E-state index in [-0.39, 0.29) is 5.91 Å². The van der Waals surface area contributed by atoms with E-state index in [1.165, 1.54) is 0 Å². The number of nitrogens with zero attached hydrogens (tertiary/aromatic N) is 4. The number of amides is 1. The third-order valence-corrected chi connectivity index (χ3v) is 3.68. The molecule has 0 aromatic carbocycles. The predicted molar refractivity (Wildman–Crippen MR) is 84.8 cm³/mol. The van der Waals surface area contributed by atoms with Crippen molar-refractivity contribution in [2.75, 3.05) is 65.3 Å². The van der Waals surface area contributed by atoms with Gasteiger partial charge in [0.25, 0.3) is 5.91 Å². The van der Waals surface area contributed by atoms with E-state index in [1.54, 1.807) is 6.20 Å². The summed E-state index contributed by atoms with van der Waals surface area (Å²) in [5.74, 6) is 0.756. The number of carbonyl (C=O) groups excluding carboxylic acids is 1. The zero-order chi connectivity index (χ0) is 15.2. The summed E-state index contributed by atoms with van der Waals surface area (Å²) < 4.78 is 0. The highest BCUT2D eigenvalue weighted by Gasteiger charge is 2.20. The van der Waals surface area contributed by atoms with Crippen LogP contribution < -0.4 is 10.2 Å². The van der Waals surface area contributed by atoms with Gasteiger partial charge < -0.3 is 20.0 Å². The molecule has 1 aromatic heterocycles. The average Bonchev–Trinajstić information content (AvgIpc) is 2.47. The molecular weight excluding hydrogens is 266 g/mol. The molecule has 2 heterocycles. The van der Waals surface area contributed by atoms with Gasteiger partial charge in [-0.25, -0.2) is 4.98 Å². The van der Waals surface area contributed by atoms with Crippen molar-refractivity contribution >= 4 is 11.7 Å². The minimum absolute atomic E-state index is 0.0427. The van der Waals surface area contributed by atoms with E-state index in [9.17, 15) is 4.79 Å². The van der Waals surface area contributed by atoms with Gasteiger partial charge in [-0.1, -0.05) is 0 Å². The molecule has 1 aliphatic rings. The topological polar surface area (TPSA) is 51.7 Å². The van der Waals surface area contributed by atoms with Gasteiger partial charge in [0.05, 0.1) is 5.56 Å². The van der Waals surface area contributed by atoms with Gasteiger partial charge >= 0.3 is 0 Å². The molecular formula is C15H25N5O. The Kier molecular flexibility index (Phi) is 5.52. The van der Waals surface area contributed by atoms with E-state index in [0.29, 0.717) is 12.1 Å². The Morgan fingerprint density at radius 3 is 2.71 bits per heavy atom. The van der Waals surface area contributed by atoms with Crippen molar-refractivity contribution in [3.63, 3.8) is 0 Å². The second-order valence-electron chi connectivity index (χ2n) is 5.72. The maximum atomic E-state index is 12.3. The number of rotatable bonds is 5. The molecule has 6 heteroatoms. The zero-order valence-electron chi connectivity index (χ0n) is 13.2. The number of likely N-dealkylation sites (N-methyl/N-ethyl adjacent to an activating group) is 2. The number of aromatic nitrogens is 1. The first kappa shape index (κ1) is 15.7. The van der Waals surface area contributed by atoms with Crippen LogP contribution >= 0.6 is 0 Å². The number of hydrogen-bond acceptors (Lipinski definition) is 5. The molecule has 1 aliphatic heterocycles. The highest BCUT2D eigenvalue weighted by Crippen LogP contribution is 2.18. The van der Waals surface area contributed by atoms with Crippen LogP contribution in [0.15, 0.2) is 18.3 Å². The Hall–Kier alpha value is -1.66. The Labute approximate surface area is 126 Å². The number of carbonyl (C=O) groups is 1. The molecule has 6 nitrogen and oxygen atoms in total. The number of pyridine rings is 1. The number of piperazine rings is 1. The van der Waals surface area contributed by atoms with Crippen molar-refractivity contribution in [2.24, 2.45) is 0 Å². The largest absolute Gasteiger partial charge is 0.353 e. The first-order chi connectivity index (χ1) is 10.1. The van der Waals surface area contributed by atoms with Crippen molar-refractivity contribution in [1.82, 2.24) is 20.1 Å². The summed E-state index contributed by atoms with van der Waals surface area (Å²) in [7, 11) is 6.10. The molecule has 0 aliphatic carbocycles. The third kappa shape index (κ3) is 4.41. The van der Waals surface area contributed by atoms with E-state index >= 15 is 0 Å². The lowest BCUT2D eigenvalue weighted by molar-refractivity contribution is 0.0951. The average molecular weight is 291 g/mol. The summed E-state index contributed by atoms with van der Waals surface area (Å²) in [6.45, 7) is 5.28. The molecule has 1 fully saturated rings. The van der Waals surface area contributed by atoms with Crippen LogP contribution in [0.5, 0.6) is 0 Å². The van der Waals surface area contributed by atoms with Crippen molar-refractivity contribution in [2.45, 2.75) is 0 Å². The molecule has 0 unspecified atom stereocenters. The lowest BCUT2D eigenvalue weighted by atomic mass is 10.2. The molecule has 0 saturated carbocycles. The predicted octanol–water partition coefficient (Wildman–Crippen LogP) is 0.125. The Morgan fingerprint density at radius 2 is 2.05 bits per heavy atom. The van der Waals surface area contributed by atoms with Crippen LogP contribution in [0, 0.1) is 0 Å². The van der Waals surface area contributed by atoms with Gasteiger partial charge in [0, 0.05) is 45.5 Å². The third-order valence-electron chi connectivity index (χ3n) is 3.68. The quantitative estimate of drug-likeness (QED) is 0.835. The molecule has 0 spiro atoms. The minimum atomic E-state index is -0.0427.